The fraction of sp³-hybridized carbons (Fsp3) is 0.0500. The summed E-state index contributed by atoms with van der Waals surface area (Å²) in [5.74, 6) is 0. The molecule has 0 amide bonds. The van der Waals surface area contributed by atoms with E-state index in [0.717, 1.165) is 29.1 Å². The van der Waals surface area contributed by atoms with Crippen LogP contribution in [0, 0.1) is 0 Å². The minimum atomic E-state index is 0.769. The first kappa shape index (κ1) is 14.3. The summed E-state index contributed by atoms with van der Waals surface area (Å²) in [5.41, 5.74) is 5.17. The van der Waals surface area contributed by atoms with Gasteiger partial charge in [-0.1, -0.05) is 48.5 Å². The van der Waals surface area contributed by atoms with Gasteiger partial charge < -0.3 is 0 Å². The molecule has 2 heterocycles. The number of aromatic nitrogens is 4. The van der Waals surface area contributed by atoms with Gasteiger partial charge in [0, 0.05) is 29.7 Å². The van der Waals surface area contributed by atoms with Crippen molar-refractivity contribution in [2.45, 2.75) is 6.54 Å². The SMILES string of the molecule is c1ccc(Cn2ccc(-c3cccc(-c4cnccn4)c3)n2)cc1. The normalized spacial score (nSPS) is 10.7. The van der Waals surface area contributed by atoms with Crippen LogP contribution in [-0.2, 0) is 6.54 Å². The van der Waals surface area contributed by atoms with Crippen LogP contribution >= 0.6 is 0 Å². The Labute approximate surface area is 140 Å². The van der Waals surface area contributed by atoms with Crippen LogP contribution in [-0.4, -0.2) is 19.7 Å². The Kier molecular flexibility index (Phi) is 3.86. The lowest BCUT2D eigenvalue weighted by Gasteiger charge is -2.03. The minimum absolute atomic E-state index is 0.769. The second-order valence-electron chi connectivity index (χ2n) is 5.56. The number of benzene rings is 2. The summed E-state index contributed by atoms with van der Waals surface area (Å²) in [5, 5.41) is 4.69. The summed E-state index contributed by atoms with van der Waals surface area (Å²) >= 11 is 0. The molecular weight excluding hydrogens is 296 g/mol. The molecule has 0 saturated heterocycles. The lowest BCUT2D eigenvalue weighted by atomic mass is 10.1. The maximum atomic E-state index is 4.69. The summed E-state index contributed by atoms with van der Waals surface area (Å²) in [6.45, 7) is 0.769. The van der Waals surface area contributed by atoms with Crippen LogP contribution in [0.25, 0.3) is 22.5 Å². The van der Waals surface area contributed by atoms with Crippen molar-refractivity contribution < 1.29 is 0 Å². The highest BCUT2D eigenvalue weighted by Crippen LogP contribution is 2.23. The highest BCUT2D eigenvalue weighted by molar-refractivity contribution is 5.68. The standard InChI is InChI=1S/C20H16N4/c1-2-5-16(6-3-1)15-24-12-9-19(23-24)17-7-4-8-18(13-17)20-14-21-10-11-22-20/h1-14H,15H2. The van der Waals surface area contributed by atoms with Crippen molar-refractivity contribution in [3.63, 3.8) is 0 Å². The van der Waals surface area contributed by atoms with E-state index in [1.165, 1.54) is 5.56 Å². The lowest BCUT2D eigenvalue weighted by molar-refractivity contribution is 0.689. The highest BCUT2D eigenvalue weighted by Gasteiger charge is 2.06. The Balaban J connectivity index is 1.61. The van der Waals surface area contributed by atoms with Crippen molar-refractivity contribution >= 4 is 0 Å². The summed E-state index contributed by atoms with van der Waals surface area (Å²) < 4.78 is 1.96. The Morgan fingerprint density at radius 1 is 0.792 bits per heavy atom. The molecular formula is C20H16N4. The molecule has 24 heavy (non-hydrogen) atoms. The van der Waals surface area contributed by atoms with E-state index in [9.17, 15) is 0 Å². The Morgan fingerprint density at radius 3 is 2.42 bits per heavy atom. The van der Waals surface area contributed by atoms with Gasteiger partial charge in [0.1, 0.15) is 0 Å². The van der Waals surface area contributed by atoms with Crippen molar-refractivity contribution in [1.82, 2.24) is 19.7 Å². The molecule has 4 nitrogen and oxygen atoms in total. The van der Waals surface area contributed by atoms with E-state index in [1.807, 2.05) is 47.3 Å². The third-order valence-corrected chi connectivity index (χ3v) is 3.85. The van der Waals surface area contributed by atoms with Crippen molar-refractivity contribution in [3.8, 4) is 22.5 Å². The van der Waals surface area contributed by atoms with Crippen molar-refractivity contribution in [2.75, 3.05) is 0 Å². The van der Waals surface area contributed by atoms with E-state index >= 15 is 0 Å². The predicted molar refractivity (Wildman–Crippen MR) is 94.2 cm³/mol. The van der Waals surface area contributed by atoms with Crippen LogP contribution in [0.5, 0.6) is 0 Å². The second-order valence-corrected chi connectivity index (χ2v) is 5.56. The van der Waals surface area contributed by atoms with Gasteiger partial charge in [-0.25, -0.2) is 0 Å². The summed E-state index contributed by atoms with van der Waals surface area (Å²) in [7, 11) is 0. The monoisotopic (exact) mass is 312 g/mol. The number of nitrogens with zero attached hydrogens (tertiary/aromatic N) is 4. The summed E-state index contributed by atoms with van der Waals surface area (Å²) in [6.07, 6.45) is 7.17. The van der Waals surface area contributed by atoms with Crippen LogP contribution < -0.4 is 0 Å². The molecule has 4 aromatic rings. The zero-order valence-electron chi connectivity index (χ0n) is 13.1. The third kappa shape index (κ3) is 3.08. The van der Waals surface area contributed by atoms with E-state index in [1.54, 1.807) is 18.6 Å². The molecule has 0 saturated carbocycles. The molecule has 116 valence electrons. The zero-order valence-corrected chi connectivity index (χ0v) is 13.1. The maximum Gasteiger partial charge on any atom is 0.0923 e. The maximum absolute atomic E-state index is 4.69. The molecule has 0 aliphatic carbocycles. The number of hydrogen-bond acceptors (Lipinski definition) is 3. The first-order chi connectivity index (χ1) is 11.9. The molecule has 0 aliphatic rings. The van der Waals surface area contributed by atoms with Crippen LogP contribution in [0.15, 0.2) is 85.5 Å². The Hall–Kier alpha value is -3.27. The van der Waals surface area contributed by atoms with Crippen LogP contribution in [0.4, 0.5) is 0 Å². The molecule has 0 spiro atoms. The number of hydrogen-bond donors (Lipinski definition) is 0. The van der Waals surface area contributed by atoms with E-state index in [2.05, 4.69) is 34.2 Å². The lowest BCUT2D eigenvalue weighted by Crippen LogP contribution is -2.00. The van der Waals surface area contributed by atoms with E-state index in [4.69, 9.17) is 5.10 Å². The van der Waals surface area contributed by atoms with Gasteiger partial charge in [0.15, 0.2) is 0 Å². The molecule has 0 radical (unpaired) electrons. The third-order valence-electron chi connectivity index (χ3n) is 3.85. The first-order valence-corrected chi connectivity index (χ1v) is 7.83. The summed E-state index contributed by atoms with van der Waals surface area (Å²) in [4.78, 5) is 8.49. The van der Waals surface area contributed by atoms with Crippen LogP contribution in [0.1, 0.15) is 5.56 Å². The molecule has 0 unspecified atom stereocenters. The summed E-state index contributed by atoms with van der Waals surface area (Å²) in [6, 6.07) is 20.6. The molecule has 0 atom stereocenters. The van der Waals surface area contributed by atoms with Crippen LogP contribution in [0.2, 0.25) is 0 Å². The Morgan fingerprint density at radius 2 is 1.62 bits per heavy atom. The molecule has 0 fully saturated rings. The van der Waals surface area contributed by atoms with Gasteiger partial charge in [0.05, 0.1) is 24.1 Å². The van der Waals surface area contributed by atoms with Gasteiger partial charge in [0.2, 0.25) is 0 Å². The highest BCUT2D eigenvalue weighted by atomic mass is 15.3. The van der Waals surface area contributed by atoms with E-state index < -0.39 is 0 Å². The van der Waals surface area contributed by atoms with Gasteiger partial charge in [-0.05, 0) is 17.7 Å². The van der Waals surface area contributed by atoms with E-state index in [0.29, 0.717) is 0 Å². The van der Waals surface area contributed by atoms with Gasteiger partial charge in [-0.3, -0.25) is 14.6 Å². The van der Waals surface area contributed by atoms with Crippen molar-refractivity contribution in [1.29, 1.82) is 0 Å². The smallest absolute Gasteiger partial charge is 0.0923 e. The average molecular weight is 312 g/mol. The quantitative estimate of drug-likeness (QED) is 0.571. The molecule has 0 N–H and O–H groups in total. The Bertz CT molecular complexity index is 930. The zero-order chi connectivity index (χ0) is 16.2. The fourth-order valence-corrected chi connectivity index (χ4v) is 2.66. The largest absolute Gasteiger partial charge is 0.268 e. The minimum Gasteiger partial charge on any atom is -0.268 e. The predicted octanol–water partition coefficient (Wildman–Crippen LogP) is 4.06. The van der Waals surface area contributed by atoms with Gasteiger partial charge in [0.25, 0.3) is 0 Å². The van der Waals surface area contributed by atoms with Crippen molar-refractivity contribution in [3.05, 3.63) is 91.0 Å². The molecule has 0 aliphatic heterocycles. The average Bonchev–Trinajstić information content (AvgIpc) is 3.12. The molecule has 2 aromatic heterocycles. The molecule has 4 rings (SSSR count). The topological polar surface area (TPSA) is 43.6 Å². The van der Waals surface area contributed by atoms with Gasteiger partial charge >= 0.3 is 0 Å². The fourth-order valence-electron chi connectivity index (χ4n) is 2.66. The van der Waals surface area contributed by atoms with Crippen molar-refractivity contribution in [2.24, 2.45) is 0 Å². The van der Waals surface area contributed by atoms with Gasteiger partial charge in [-0.2, -0.15) is 5.10 Å². The molecule has 4 heteroatoms. The number of rotatable bonds is 4. The van der Waals surface area contributed by atoms with Gasteiger partial charge in [-0.15, -0.1) is 0 Å². The molecule has 2 aromatic carbocycles. The first-order valence-electron chi connectivity index (χ1n) is 7.83. The van der Waals surface area contributed by atoms with E-state index in [-0.39, 0.29) is 0 Å². The molecule has 0 bridgehead atoms. The van der Waals surface area contributed by atoms with Crippen LogP contribution in [0.3, 0.4) is 0 Å². The second kappa shape index (κ2) is 6.46.